The van der Waals surface area contributed by atoms with E-state index in [9.17, 15) is 5.11 Å². The molecule has 0 saturated carbocycles. The van der Waals surface area contributed by atoms with Crippen molar-refractivity contribution in [3.8, 4) is 5.75 Å². The van der Waals surface area contributed by atoms with E-state index in [2.05, 4.69) is 0 Å². The van der Waals surface area contributed by atoms with Crippen LogP contribution in [-0.2, 0) is 4.84 Å². The zero-order valence-corrected chi connectivity index (χ0v) is 8.47. The third kappa shape index (κ3) is 1.67. The number of benzene rings is 2. The Morgan fingerprint density at radius 1 is 1.20 bits per heavy atom. The number of aromatic hydroxyl groups is 1. The predicted molar refractivity (Wildman–Crippen MR) is 59.3 cm³/mol. The molecular weight excluding hydrogens is 190 g/mol. The van der Waals surface area contributed by atoms with Crippen LogP contribution in [0.1, 0.15) is 18.6 Å². The fourth-order valence-electron chi connectivity index (χ4n) is 1.78. The van der Waals surface area contributed by atoms with Crippen molar-refractivity contribution in [3.63, 3.8) is 0 Å². The van der Waals surface area contributed by atoms with E-state index in [0.717, 1.165) is 16.3 Å². The highest BCUT2D eigenvalue weighted by atomic mass is 16.6. The third-order valence-electron chi connectivity index (χ3n) is 2.56. The van der Waals surface area contributed by atoms with E-state index in [4.69, 9.17) is 10.7 Å². The first-order valence-electron chi connectivity index (χ1n) is 4.80. The van der Waals surface area contributed by atoms with Crippen LogP contribution in [0.5, 0.6) is 5.75 Å². The van der Waals surface area contributed by atoms with Gasteiger partial charge >= 0.3 is 0 Å². The summed E-state index contributed by atoms with van der Waals surface area (Å²) in [4.78, 5) is 4.77. The lowest BCUT2D eigenvalue weighted by atomic mass is 10.00. The van der Waals surface area contributed by atoms with Gasteiger partial charge in [-0.2, -0.15) is 0 Å². The van der Waals surface area contributed by atoms with Crippen molar-refractivity contribution in [3.05, 3.63) is 42.0 Å². The Kier molecular flexibility index (Phi) is 2.58. The van der Waals surface area contributed by atoms with Gasteiger partial charge < -0.3 is 5.11 Å². The Bertz CT molecular complexity index is 482. The molecule has 1 atom stereocenters. The number of fused-ring (bicyclic) bond motifs is 1. The van der Waals surface area contributed by atoms with Crippen molar-refractivity contribution in [2.75, 3.05) is 0 Å². The first-order chi connectivity index (χ1) is 7.24. The first kappa shape index (κ1) is 9.96. The Labute approximate surface area is 88.0 Å². The van der Waals surface area contributed by atoms with Gasteiger partial charge in [0.05, 0.1) is 0 Å². The van der Waals surface area contributed by atoms with Crippen LogP contribution < -0.4 is 5.90 Å². The van der Waals surface area contributed by atoms with Crippen molar-refractivity contribution >= 4 is 10.8 Å². The van der Waals surface area contributed by atoms with E-state index in [0.29, 0.717) is 0 Å². The Morgan fingerprint density at radius 2 is 1.93 bits per heavy atom. The fourth-order valence-corrected chi connectivity index (χ4v) is 1.78. The van der Waals surface area contributed by atoms with E-state index in [1.54, 1.807) is 6.07 Å². The van der Waals surface area contributed by atoms with Crippen LogP contribution in [0, 0.1) is 0 Å². The summed E-state index contributed by atoms with van der Waals surface area (Å²) in [7, 11) is 0. The van der Waals surface area contributed by atoms with Gasteiger partial charge in [0, 0.05) is 5.56 Å². The van der Waals surface area contributed by atoms with Crippen molar-refractivity contribution in [1.82, 2.24) is 0 Å². The highest BCUT2D eigenvalue weighted by Crippen LogP contribution is 2.32. The second-order valence-electron chi connectivity index (χ2n) is 3.50. The third-order valence-corrected chi connectivity index (χ3v) is 2.56. The number of hydrogen-bond donors (Lipinski definition) is 2. The minimum atomic E-state index is -0.323. The largest absolute Gasteiger partial charge is 0.508 e. The van der Waals surface area contributed by atoms with E-state index >= 15 is 0 Å². The van der Waals surface area contributed by atoms with Gasteiger partial charge in [-0.1, -0.05) is 30.3 Å². The van der Waals surface area contributed by atoms with Crippen molar-refractivity contribution in [1.29, 1.82) is 0 Å². The van der Waals surface area contributed by atoms with Gasteiger partial charge in [0.25, 0.3) is 0 Å². The van der Waals surface area contributed by atoms with Gasteiger partial charge in [0.1, 0.15) is 11.9 Å². The molecule has 0 radical (unpaired) electrons. The van der Waals surface area contributed by atoms with Crippen LogP contribution in [0.2, 0.25) is 0 Å². The summed E-state index contributed by atoms with van der Waals surface area (Å²) in [5, 5.41) is 11.8. The van der Waals surface area contributed by atoms with Gasteiger partial charge in [-0.05, 0) is 23.8 Å². The number of nitrogens with two attached hydrogens (primary N) is 1. The minimum Gasteiger partial charge on any atom is -0.508 e. The molecular formula is C12H13NO2. The van der Waals surface area contributed by atoms with Gasteiger partial charge in [-0.15, -0.1) is 0 Å². The van der Waals surface area contributed by atoms with Crippen LogP contribution in [0.3, 0.4) is 0 Å². The lowest BCUT2D eigenvalue weighted by molar-refractivity contribution is 0.0657. The molecule has 0 aromatic heterocycles. The molecule has 15 heavy (non-hydrogen) atoms. The van der Waals surface area contributed by atoms with Crippen LogP contribution in [0.25, 0.3) is 10.8 Å². The molecule has 0 aliphatic heterocycles. The molecule has 0 heterocycles. The summed E-state index contributed by atoms with van der Waals surface area (Å²) in [5.74, 6) is 5.37. The Hall–Kier alpha value is -1.58. The average Bonchev–Trinajstić information content (AvgIpc) is 2.28. The molecule has 3 heteroatoms. The topological polar surface area (TPSA) is 55.5 Å². The van der Waals surface area contributed by atoms with Gasteiger partial charge in [0.15, 0.2) is 0 Å². The van der Waals surface area contributed by atoms with Crippen molar-refractivity contribution in [2.45, 2.75) is 13.0 Å². The summed E-state index contributed by atoms with van der Waals surface area (Å²) >= 11 is 0. The van der Waals surface area contributed by atoms with E-state index in [1.807, 2.05) is 37.3 Å². The second kappa shape index (κ2) is 3.88. The molecule has 2 rings (SSSR count). The summed E-state index contributed by atoms with van der Waals surface area (Å²) < 4.78 is 0. The molecule has 0 spiro atoms. The second-order valence-corrected chi connectivity index (χ2v) is 3.50. The van der Waals surface area contributed by atoms with Gasteiger partial charge in [-0.25, -0.2) is 5.90 Å². The number of phenolic OH excluding ortho intramolecular Hbond substituents is 1. The molecule has 2 aromatic carbocycles. The average molecular weight is 203 g/mol. The molecule has 2 aromatic rings. The molecule has 78 valence electrons. The van der Waals surface area contributed by atoms with E-state index < -0.39 is 0 Å². The molecule has 0 aliphatic rings. The molecule has 0 saturated heterocycles. The highest BCUT2D eigenvalue weighted by Gasteiger charge is 2.13. The lowest BCUT2D eigenvalue weighted by Crippen LogP contribution is -2.06. The maximum Gasteiger partial charge on any atom is 0.122 e. The Balaban J connectivity index is 2.74. The van der Waals surface area contributed by atoms with Crippen LogP contribution >= 0.6 is 0 Å². The lowest BCUT2D eigenvalue weighted by Gasteiger charge is -2.13. The predicted octanol–water partition coefficient (Wildman–Crippen LogP) is 2.50. The van der Waals surface area contributed by atoms with Crippen molar-refractivity contribution in [2.24, 2.45) is 5.90 Å². The van der Waals surface area contributed by atoms with Crippen LogP contribution in [-0.4, -0.2) is 5.11 Å². The first-order valence-corrected chi connectivity index (χ1v) is 4.80. The zero-order valence-electron chi connectivity index (χ0n) is 8.47. The maximum absolute atomic E-state index is 9.77. The SMILES string of the molecule is CC(ON)c1c(O)ccc2ccccc12. The van der Waals surface area contributed by atoms with Gasteiger partial charge in [0.2, 0.25) is 0 Å². The normalized spacial score (nSPS) is 12.9. The van der Waals surface area contributed by atoms with E-state index in [1.165, 1.54) is 0 Å². The summed E-state index contributed by atoms with van der Waals surface area (Å²) in [5.41, 5.74) is 0.732. The molecule has 3 N–H and O–H groups in total. The summed E-state index contributed by atoms with van der Waals surface area (Å²) in [6, 6.07) is 11.3. The number of rotatable bonds is 2. The van der Waals surface area contributed by atoms with E-state index in [-0.39, 0.29) is 11.9 Å². The molecule has 0 amide bonds. The molecule has 0 aliphatic carbocycles. The fraction of sp³-hybridized carbons (Fsp3) is 0.167. The van der Waals surface area contributed by atoms with Gasteiger partial charge in [-0.3, -0.25) is 4.84 Å². The van der Waals surface area contributed by atoms with Crippen LogP contribution in [0.15, 0.2) is 36.4 Å². The summed E-state index contributed by atoms with van der Waals surface area (Å²) in [6.45, 7) is 1.81. The summed E-state index contributed by atoms with van der Waals surface area (Å²) in [6.07, 6.45) is -0.323. The monoisotopic (exact) mass is 203 g/mol. The highest BCUT2D eigenvalue weighted by molar-refractivity contribution is 5.88. The standard InChI is InChI=1S/C12H13NO2/c1-8(15-13)12-10-5-3-2-4-9(10)6-7-11(12)14/h2-8,14H,13H2,1H3. The quantitative estimate of drug-likeness (QED) is 0.737. The van der Waals surface area contributed by atoms with Crippen LogP contribution in [0.4, 0.5) is 0 Å². The molecule has 0 bridgehead atoms. The number of phenols is 1. The molecule has 3 nitrogen and oxygen atoms in total. The van der Waals surface area contributed by atoms with Crippen molar-refractivity contribution < 1.29 is 9.94 Å². The minimum absolute atomic E-state index is 0.214. The molecule has 1 unspecified atom stereocenters. The number of hydrogen-bond acceptors (Lipinski definition) is 3. The maximum atomic E-state index is 9.77. The zero-order chi connectivity index (χ0) is 10.8. The Morgan fingerprint density at radius 3 is 2.67 bits per heavy atom. The molecule has 0 fully saturated rings. The smallest absolute Gasteiger partial charge is 0.122 e.